The third kappa shape index (κ3) is 2.70. The molecule has 2 aromatic heterocycles. The zero-order valence-corrected chi connectivity index (χ0v) is 14.5. The van der Waals surface area contributed by atoms with Crippen LogP contribution in [0.25, 0.3) is 10.9 Å². The fourth-order valence-corrected chi connectivity index (χ4v) is 3.87. The molecule has 1 fully saturated rings. The van der Waals surface area contributed by atoms with Crippen LogP contribution in [0.4, 0.5) is 0 Å². The van der Waals surface area contributed by atoms with Gasteiger partial charge in [0.15, 0.2) is 5.89 Å². The predicted octanol–water partition coefficient (Wildman–Crippen LogP) is 3.25. The van der Waals surface area contributed by atoms with Gasteiger partial charge in [0.1, 0.15) is 11.5 Å². The highest BCUT2D eigenvalue weighted by Gasteiger charge is 2.29. The number of aromatic nitrogens is 2. The van der Waals surface area contributed by atoms with E-state index in [1.807, 2.05) is 35.4 Å². The first-order valence-corrected chi connectivity index (χ1v) is 9.20. The minimum Gasteiger partial charge on any atom is -0.445 e. The van der Waals surface area contributed by atoms with Gasteiger partial charge in [-0.15, -0.1) is 0 Å². The van der Waals surface area contributed by atoms with Gasteiger partial charge in [0.05, 0.1) is 6.54 Å². The van der Waals surface area contributed by atoms with Crippen molar-refractivity contribution in [2.24, 2.45) is 0 Å². The Labute approximate surface area is 151 Å². The summed E-state index contributed by atoms with van der Waals surface area (Å²) in [7, 11) is 0. The van der Waals surface area contributed by atoms with Crippen molar-refractivity contribution in [3.05, 3.63) is 53.4 Å². The fraction of sp³-hybridized carbons (Fsp3) is 0.400. The van der Waals surface area contributed by atoms with E-state index in [-0.39, 0.29) is 5.91 Å². The Morgan fingerprint density at radius 1 is 1.23 bits per heavy atom. The summed E-state index contributed by atoms with van der Waals surface area (Å²) in [5.74, 6) is 2.15. The quantitative estimate of drug-likeness (QED) is 0.769. The van der Waals surface area contributed by atoms with E-state index in [4.69, 9.17) is 14.1 Å². The molecule has 26 heavy (non-hydrogen) atoms. The van der Waals surface area contributed by atoms with Crippen molar-refractivity contribution in [3.63, 3.8) is 0 Å². The lowest BCUT2D eigenvalue weighted by molar-refractivity contribution is 0.0726. The molecule has 0 aliphatic carbocycles. The highest BCUT2D eigenvalue weighted by atomic mass is 16.5. The number of hydrogen-bond acceptors (Lipinski definition) is 4. The van der Waals surface area contributed by atoms with Crippen molar-refractivity contribution < 1.29 is 13.9 Å². The molecule has 2 aliphatic heterocycles. The van der Waals surface area contributed by atoms with Gasteiger partial charge in [-0.1, -0.05) is 6.07 Å². The smallest absolute Gasteiger partial charge is 0.254 e. The predicted molar refractivity (Wildman–Crippen MR) is 96.0 cm³/mol. The molecule has 1 N–H and O–H groups in total. The van der Waals surface area contributed by atoms with Gasteiger partial charge in [-0.25, -0.2) is 4.98 Å². The molecular formula is C20H21N3O3. The minimum absolute atomic E-state index is 0.0442. The Balaban J connectivity index is 1.36. The fourth-order valence-electron chi connectivity index (χ4n) is 3.87. The molecule has 0 atom stereocenters. The number of carbonyl (C=O) groups is 1. The Kier molecular flexibility index (Phi) is 3.78. The van der Waals surface area contributed by atoms with Crippen molar-refractivity contribution >= 4 is 16.8 Å². The average Bonchev–Trinajstić information content (AvgIpc) is 3.33. The van der Waals surface area contributed by atoms with Gasteiger partial charge in [0, 0.05) is 49.4 Å². The van der Waals surface area contributed by atoms with Crippen molar-refractivity contribution in [2.45, 2.75) is 31.7 Å². The largest absolute Gasteiger partial charge is 0.445 e. The normalized spacial score (nSPS) is 18.2. The minimum atomic E-state index is 0.0442. The monoisotopic (exact) mass is 351 g/mol. The molecule has 0 bridgehead atoms. The highest BCUT2D eigenvalue weighted by molar-refractivity contribution is 5.98. The zero-order chi connectivity index (χ0) is 17.5. The average molecular weight is 351 g/mol. The Bertz CT molecular complexity index is 952. The maximum Gasteiger partial charge on any atom is 0.254 e. The van der Waals surface area contributed by atoms with E-state index in [9.17, 15) is 4.79 Å². The molecule has 5 rings (SSSR count). The first-order chi connectivity index (χ1) is 12.8. The van der Waals surface area contributed by atoms with Gasteiger partial charge in [-0.2, -0.15) is 0 Å². The molecule has 6 nitrogen and oxygen atoms in total. The van der Waals surface area contributed by atoms with E-state index in [1.165, 1.54) is 0 Å². The van der Waals surface area contributed by atoms with Gasteiger partial charge >= 0.3 is 0 Å². The topological polar surface area (TPSA) is 71.4 Å². The SMILES string of the molecule is O=C(c1ccc2cc[nH]c2c1)N1CCc2oc(C3CCOCC3)nc2C1. The number of nitrogens with zero attached hydrogens (tertiary/aromatic N) is 2. The highest BCUT2D eigenvalue weighted by Crippen LogP contribution is 2.30. The van der Waals surface area contributed by atoms with Gasteiger partial charge in [0.2, 0.25) is 0 Å². The van der Waals surface area contributed by atoms with Gasteiger partial charge in [0.25, 0.3) is 5.91 Å². The van der Waals surface area contributed by atoms with Crippen LogP contribution >= 0.6 is 0 Å². The van der Waals surface area contributed by atoms with E-state index in [0.29, 0.717) is 24.6 Å². The number of benzene rings is 1. The lowest BCUT2D eigenvalue weighted by Gasteiger charge is -2.25. The number of carbonyl (C=O) groups excluding carboxylic acids is 1. The molecule has 6 heteroatoms. The van der Waals surface area contributed by atoms with Crippen LogP contribution in [0.5, 0.6) is 0 Å². The van der Waals surface area contributed by atoms with Crippen LogP contribution < -0.4 is 0 Å². The molecule has 0 spiro atoms. The third-order valence-corrected chi connectivity index (χ3v) is 5.40. The number of fused-ring (bicyclic) bond motifs is 2. The summed E-state index contributed by atoms with van der Waals surface area (Å²) in [6.07, 6.45) is 4.53. The Morgan fingerprint density at radius 3 is 3.00 bits per heavy atom. The number of rotatable bonds is 2. The van der Waals surface area contributed by atoms with Gasteiger partial charge in [-0.05, 0) is 36.4 Å². The lowest BCUT2D eigenvalue weighted by atomic mass is 10.0. The molecule has 4 heterocycles. The molecular weight excluding hydrogens is 330 g/mol. The summed E-state index contributed by atoms with van der Waals surface area (Å²) in [5.41, 5.74) is 2.60. The standard InChI is InChI=1S/C20H21N3O3/c24-20(15-2-1-13-3-7-21-16(13)11-15)23-8-4-18-17(12-23)22-19(26-18)14-5-9-25-10-6-14/h1-3,7,11,14,21H,4-6,8-10,12H2. The van der Waals surface area contributed by atoms with E-state index in [0.717, 1.165) is 60.7 Å². The van der Waals surface area contributed by atoms with Gasteiger partial charge in [-0.3, -0.25) is 4.79 Å². The number of ether oxygens (including phenoxy) is 1. The summed E-state index contributed by atoms with van der Waals surface area (Å²) in [4.78, 5) is 22.7. The number of hydrogen-bond donors (Lipinski definition) is 1. The molecule has 0 unspecified atom stereocenters. The molecule has 1 aromatic carbocycles. The van der Waals surface area contributed by atoms with Crippen molar-refractivity contribution in [3.8, 4) is 0 Å². The van der Waals surface area contributed by atoms with Crippen LogP contribution in [0.3, 0.4) is 0 Å². The van der Waals surface area contributed by atoms with Crippen LogP contribution in [-0.4, -0.2) is 40.5 Å². The van der Waals surface area contributed by atoms with Gasteiger partial charge < -0.3 is 19.0 Å². The molecule has 0 saturated carbocycles. The van der Waals surface area contributed by atoms with Crippen LogP contribution in [0, 0.1) is 0 Å². The van der Waals surface area contributed by atoms with Crippen LogP contribution in [-0.2, 0) is 17.7 Å². The molecule has 134 valence electrons. The Hall–Kier alpha value is -2.60. The number of amides is 1. The first-order valence-electron chi connectivity index (χ1n) is 9.20. The maximum absolute atomic E-state index is 12.9. The summed E-state index contributed by atoms with van der Waals surface area (Å²) >= 11 is 0. The van der Waals surface area contributed by atoms with Crippen LogP contribution in [0.2, 0.25) is 0 Å². The van der Waals surface area contributed by atoms with Crippen molar-refractivity contribution in [2.75, 3.05) is 19.8 Å². The molecule has 1 saturated heterocycles. The molecule has 3 aromatic rings. The summed E-state index contributed by atoms with van der Waals surface area (Å²) in [6.45, 7) is 2.72. The van der Waals surface area contributed by atoms with E-state index in [2.05, 4.69) is 4.98 Å². The summed E-state index contributed by atoms with van der Waals surface area (Å²) < 4.78 is 11.4. The first kappa shape index (κ1) is 15.6. The van der Waals surface area contributed by atoms with E-state index in [1.54, 1.807) is 0 Å². The van der Waals surface area contributed by atoms with Crippen molar-refractivity contribution in [1.29, 1.82) is 0 Å². The van der Waals surface area contributed by atoms with Crippen molar-refractivity contribution in [1.82, 2.24) is 14.9 Å². The maximum atomic E-state index is 12.9. The number of aromatic amines is 1. The van der Waals surface area contributed by atoms with E-state index < -0.39 is 0 Å². The second-order valence-corrected chi connectivity index (χ2v) is 7.07. The summed E-state index contributed by atoms with van der Waals surface area (Å²) in [5, 5.41) is 1.11. The second kappa shape index (κ2) is 6.29. The number of nitrogens with one attached hydrogen (secondary N) is 1. The lowest BCUT2D eigenvalue weighted by Crippen LogP contribution is -2.35. The van der Waals surface area contributed by atoms with Crippen LogP contribution in [0.1, 0.15) is 46.5 Å². The number of oxazole rings is 1. The van der Waals surface area contributed by atoms with Crippen LogP contribution in [0.15, 0.2) is 34.9 Å². The molecule has 0 radical (unpaired) electrons. The summed E-state index contributed by atoms with van der Waals surface area (Å²) in [6, 6.07) is 7.80. The number of H-pyrrole nitrogens is 1. The van der Waals surface area contributed by atoms with E-state index >= 15 is 0 Å². The molecule has 1 amide bonds. The Morgan fingerprint density at radius 2 is 2.12 bits per heavy atom. The zero-order valence-electron chi connectivity index (χ0n) is 14.5. The molecule has 2 aliphatic rings. The second-order valence-electron chi connectivity index (χ2n) is 7.07. The third-order valence-electron chi connectivity index (χ3n) is 5.40.